The first-order valence-electron chi connectivity index (χ1n) is 8.98. The average Bonchev–Trinajstić information content (AvgIpc) is 3.10. The molecule has 1 fully saturated rings. The zero-order valence-corrected chi connectivity index (χ0v) is 15.4. The van der Waals surface area contributed by atoms with Gasteiger partial charge in [-0.1, -0.05) is 13.8 Å². The van der Waals surface area contributed by atoms with Crippen molar-refractivity contribution in [2.75, 3.05) is 13.1 Å². The van der Waals surface area contributed by atoms with E-state index in [9.17, 15) is 14.4 Å². The second-order valence-electron chi connectivity index (χ2n) is 7.26. The summed E-state index contributed by atoms with van der Waals surface area (Å²) in [5.74, 6) is 0.655. The third-order valence-electron chi connectivity index (χ3n) is 4.99. The van der Waals surface area contributed by atoms with Crippen LogP contribution in [0.4, 0.5) is 0 Å². The van der Waals surface area contributed by atoms with Gasteiger partial charge < -0.3 is 4.90 Å². The summed E-state index contributed by atoms with van der Waals surface area (Å²) in [5, 5.41) is 7.48. The number of aromatic nitrogens is 4. The highest BCUT2D eigenvalue weighted by Gasteiger charge is 2.25. The van der Waals surface area contributed by atoms with Crippen LogP contribution in [0.1, 0.15) is 55.5 Å². The number of carbonyl (C=O) groups is 1. The van der Waals surface area contributed by atoms with Crippen molar-refractivity contribution in [3.63, 3.8) is 0 Å². The van der Waals surface area contributed by atoms with Crippen LogP contribution in [0.25, 0.3) is 0 Å². The van der Waals surface area contributed by atoms with E-state index in [1.807, 2.05) is 0 Å². The molecule has 1 amide bonds. The van der Waals surface area contributed by atoms with E-state index in [-0.39, 0.29) is 12.5 Å². The van der Waals surface area contributed by atoms with Crippen LogP contribution in [-0.4, -0.2) is 43.6 Å². The number of hydrogen-bond donors (Lipinski definition) is 2. The van der Waals surface area contributed by atoms with Crippen LogP contribution < -0.4 is 11.2 Å². The fourth-order valence-electron chi connectivity index (χ4n) is 3.28. The highest BCUT2D eigenvalue weighted by molar-refractivity contribution is 5.76. The van der Waals surface area contributed by atoms with Gasteiger partial charge in [-0.05, 0) is 31.7 Å². The topological polar surface area (TPSA) is 104 Å². The number of piperidine rings is 1. The van der Waals surface area contributed by atoms with Crippen molar-refractivity contribution in [1.29, 1.82) is 0 Å². The Kier molecular flexibility index (Phi) is 5.11. The van der Waals surface area contributed by atoms with Gasteiger partial charge in [-0.3, -0.25) is 24.2 Å². The van der Waals surface area contributed by atoms with Gasteiger partial charge in [0, 0.05) is 36.5 Å². The van der Waals surface area contributed by atoms with E-state index >= 15 is 0 Å². The van der Waals surface area contributed by atoms with E-state index in [1.165, 1.54) is 10.8 Å². The highest BCUT2D eigenvalue weighted by atomic mass is 16.2. The predicted octanol–water partition coefficient (Wildman–Crippen LogP) is 1.10. The minimum atomic E-state index is -0.553. The fraction of sp³-hybridized carbons (Fsp3) is 0.556. The number of rotatable bonds is 4. The maximum atomic E-state index is 12.5. The molecule has 0 unspecified atom stereocenters. The number of aryl methyl sites for hydroxylation is 1. The van der Waals surface area contributed by atoms with Crippen molar-refractivity contribution < 1.29 is 4.79 Å². The molecule has 0 spiro atoms. The van der Waals surface area contributed by atoms with Crippen molar-refractivity contribution in [1.82, 2.24) is 24.6 Å². The monoisotopic (exact) mass is 359 g/mol. The summed E-state index contributed by atoms with van der Waals surface area (Å²) in [7, 11) is 0. The first kappa shape index (κ1) is 18.2. The van der Waals surface area contributed by atoms with Crippen LogP contribution in [-0.2, 0) is 11.3 Å². The zero-order chi connectivity index (χ0) is 18.8. The maximum Gasteiger partial charge on any atom is 0.328 e. The summed E-state index contributed by atoms with van der Waals surface area (Å²) in [6, 6.07) is 2.12. The predicted molar refractivity (Wildman–Crippen MR) is 97.3 cm³/mol. The molecule has 0 aliphatic carbocycles. The summed E-state index contributed by atoms with van der Waals surface area (Å²) in [6.07, 6.45) is 3.17. The average molecular weight is 359 g/mol. The Morgan fingerprint density at radius 2 is 2.00 bits per heavy atom. The Balaban J connectivity index is 1.61. The fourth-order valence-corrected chi connectivity index (χ4v) is 3.28. The molecule has 1 aliphatic rings. The van der Waals surface area contributed by atoms with Crippen LogP contribution in [0.2, 0.25) is 0 Å². The van der Waals surface area contributed by atoms with Crippen LogP contribution >= 0.6 is 0 Å². The molecule has 2 aromatic heterocycles. The normalized spacial score (nSPS) is 15.6. The van der Waals surface area contributed by atoms with Crippen LogP contribution in [0.15, 0.2) is 21.9 Å². The lowest BCUT2D eigenvalue weighted by molar-refractivity contribution is -0.133. The number of nitrogens with one attached hydrogen (secondary N) is 2. The van der Waals surface area contributed by atoms with E-state index in [1.54, 1.807) is 11.8 Å². The molecule has 0 saturated carbocycles. The molecule has 1 saturated heterocycles. The van der Waals surface area contributed by atoms with Crippen LogP contribution in [0, 0.1) is 6.92 Å². The van der Waals surface area contributed by atoms with Gasteiger partial charge in [0.1, 0.15) is 6.54 Å². The SMILES string of the molecule is Cc1cn(CC(=O)N2CCC(c3cc(C(C)C)n[nH]3)CC2)c(=O)[nH]c1=O. The molecule has 0 atom stereocenters. The van der Waals surface area contributed by atoms with Crippen molar-refractivity contribution in [2.24, 2.45) is 0 Å². The summed E-state index contributed by atoms with van der Waals surface area (Å²) < 4.78 is 1.26. The van der Waals surface area contributed by atoms with E-state index in [4.69, 9.17) is 0 Å². The highest BCUT2D eigenvalue weighted by Crippen LogP contribution is 2.28. The Labute approximate surface area is 151 Å². The van der Waals surface area contributed by atoms with Gasteiger partial charge >= 0.3 is 5.69 Å². The largest absolute Gasteiger partial charge is 0.341 e. The van der Waals surface area contributed by atoms with Gasteiger partial charge in [0.25, 0.3) is 5.56 Å². The summed E-state index contributed by atoms with van der Waals surface area (Å²) in [4.78, 5) is 39.8. The lowest BCUT2D eigenvalue weighted by Crippen LogP contribution is -2.42. The maximum absolute atomic E-state index is 12.5. The summed E-state index contributed by atoms with van der Waals surface area (Å²) in [6.45, 7) is 7.08. The van der Waals surface area contributed by atoms with Crippen molar-refractivity contribution in [3.05, 3.63) is 50.1 Å². The number of hydrogen-bond acceptors (Lipinski definition) is 4. The van der Waals surface area contributed by atoms with Gasteiger partial charge in [-0.15, -0.1) is 0 Å². The third-order valence-corrected chi connectivity index (χ3v) is 4.99. The van der Waals surface area contributed by atoms with Gasteiger partial charge in [-0.2, -0.15) is 5.10 Å². The molecule has 26 heavy (non-hydrogen) atoms. The van der Waals surface area contributed by atoms with E-state index in [0.29, 0.717) is 30.5 Å². The van der Waals surface area contributed by atoms with Crippen molar-refractivity contribution >= 4 is 5.91 Å². The van der Waals surface area contributed by atoms with Crippen molar-refractivity contribution in [2.45, 2.75) is 52.0 Å². The van der Waals surface area contributed by atoms with Gasteiger partial charge in [0.05, 0.1) is 5.69 Å². The van der Waals surface area contributed by atoms with Gasteiger partial charge in [0.2, 0.25) is 5.91 Å². The molecular formula is C18H25N5O3. The molecule has 0 bridgehead atoms. The summed E-state index contributed by atoms with van der Waals surface area (Å²) in [5.41, 5.74) is 1.64. The lowest BCUT2D eigenvalue weighted by atomic mass is 9.93. The lowest BCUT2D eigenvalue weighted by Gasteiger charge is -2.31. The van der Waals surface area contributed by atoms with Crippen LogP contribution in [0.3, 0.4) is 0 Å². The first-order chi connectivity index (χ1) is 12.3. The number of amides is 1. The minimum absolute atomic E-state index is 0.0529. The molecular weight excluding hydrogens is 334 g/mol. The molecule has 3 rings (SSSR count). The minimum Gasteiger partial charge on any atom is -0.341 e. The molecule has 2 N–H and O–H groups in total. The molecule has 8 nitrogen and oxygen atoms in total. The van der Waals surface area contributed by atoms with Gasteiger partial charge in [-0.25, -0.2) is 4.79 Å². The Bertz CT molecular complexity index is 900. The zero-order valence-electron chi connectivity index (χ0n) is 15.4. The molecule has 8 heteroatoms. The third kappa shape index (κ3) is 3.79. The molecule has 2 aromatic rings. The Morgan fingerprint density at radius 3 is 2.62 bits per heavy atom. The van der Waals surface area contributed by atoms with Crippen LogP contribution in [0.5, 0.6) is 0 Å². The molecule has 1 aliphatic heterocycles. The second-order valence-corrected chi connectivity index (χ2v) is 7.26. The smallest absolute Gasteiger partial charge is 0.328 e. The quantitative estimate of drug-likeness (QED) is 0.853. The first-order valence-corrected chi connectivity index (χ1v) is 8.98. The summed E-state index contributed by atoms with van der Waals surface area (Å²) >= 11 is 0. The number of carbonyl (C=O) groups excluding carboxylic acids is 1. The van der Waals surface area contributed by atoms with Gasteiger partial charge in [0.15, 0.2) is 0 Å². The van der Waals surface area contributed by atoms with E-state index in [0.717, 1.165) is 24.2 Å². The molecule has 0 radical (unpaired) electrons. The van der Waals surface area contributed by atoms with E-state index < -0.39 is 11.2 Å². The Hall–Kier alpha value is -2.64. The number of aromatic amines is 2. The number of nitrogens with zero attached hydrogens (tertiary/aromatic N) is 3. The molecule has 0 aromatic carbocycles. The standard InChI is InChI=1S/C18H25N5O3/c1-11(2)14-8-15(21-20-14)13-4-6-22(7-5-13)16(24)10-23-9-12(3)17(25)19-18(23)26/h8-9,11,13H,4-7,10H2,1-3H3,(H,20,21)(H,19,25,26). The molecule has 140 valence electrons. The van der Waals surface area contributed by atoms with E-state index in [2.05, 4.69) is 35.1 Å². The second kappa shape index (κ2) is 7.31. The Morgan fingerprint density at radius 1 is 1.31 bits per heavy atom. The molecule has 3 heterocycles. The number of H-pyrrole nitrogens is 2. The number of likely N-dealkylation sites (tertiary alicyclic amines) is 1. The van der Waals surface area contributed by atoms with Crippen molar-refractivity contribution in [3.8, 4) is 0 Å².